The molecule has 0 spiro atoms. The summed E-state index contributed by atoms with van der Waals surface area (Å²) in [5.41, 5.74) is 0.248. The highest BCUT2D eigenvalue weighted by molar-refractivity contribution is 7.89. The predicted molar refractivity (Wildman–Crippen MR) is 93.7 cm³/mol. The van der Waals surface area contributed by atoms with Gasteiger partial charge in [-0.2, -0.15) is 4.31 Å². The molecule has 2 N–H and O–H groups in total. The van der Waals surface area contributed by atoms with Gasteiger partial charge in [-0.3, -0.25) is 4.79 Å². The third-order valence-corrected chi connectivity index (χ3v) is 5.62. The Balaban J connectivity index is 2.20. The molecule has 0 aromatic heterocycles. The average molecular weight is 368 g/mol. The number of nitrogens with zero attached hydrogens (tertiary/aromatic N) is 1. The van der Waals surface area contributed by atoms with Gasteiger partial charge in [0.2, 0.25) is 10.0 Å². The summed E-state index contributed by atoms with van der Waals surface area (Å²) in [4.78, 5) is 12.0. The molecule has 0 bridgehead atoms. The summed E-state index contributed by atoms with van der Waals surface area (Å²) in [5.74, 6) is -0.376. The van der Waals surface area contributed by atoms with Crippen LogP contribution in [0.1, 0.15) is 24.2 Å². The van der Waals surface area contributed by atoms with Crippen LogP contribution in [0.15, 0.2) is 41.8 Å². The monoisotopic (exact) mass is 368 g/mol. The van der Waals surface area contributed by atoms with Gasteiger partial charge in [0.1, 0.15) is 0 Å². The minimum atomic E-state index is -3.82. The van der Waals surface area contributed by atoms with E-state index in [1.54, 1.807) is 12.1 Å². The van der Waals surface area contributed by atoms with E-state index in [4.69, 9.17) is 4.74 Å². The number of β-amino-alcohol motifs (C(OH)–C–C–N with tert-alkyl or cyclic N) is 1. The first-order valence-electron chi connectivity index (χ1n) is 8.08. The minimum Gasteiger partial charge on any atom is -0.389 e. The van der Waals surface area contributed by atoms with E-state index in [9.17, 15) is 18.3 Å². The van der Waals surface area contributed by atoms with Gasteiger partial charge in [0.15, 0.2) is 0 Å². The summed E-state index contributed by atoms with van der Waals surface area (Å²) < 4.78 is 32.4. The molecule has 1 amide bonds. The highest BCUT2D eigenvalue weighted by atomic mass is 32.2. The van der Waals surface area contributed by atoms with E-state index in [-0.39, 0.29) is 35.6 Å². The molecular formula is C17H24N2O5S. The summed E-state index contributed by atoms with van der Waals surface area (Å²) in [5, 5.41) is 12.7. The Labute approximate surface area is 148 Å². The maximum absolute atomic E-state index is 12.8. The van der Waals surface area contributed by atoms with Crippen LogP contribution < -0.4 is 5.32 Å². The fraction of sp³-hybridized carbons (Fsp3) is 0.471. The molecular weight excluding hydrogens is 344 g/mol. The number of hydrogen-bond donors (Lipinski definition) is 2. The Morgan fingerprint density at radius 3 is 2.84 bits per heavy atom. The first-order valence-corrected chi connectivity index (χ1v) is 9.52. The van der Waals surface area contributed by atoms with Crippen molar-refractivity contribution in [2.45, 2.75) is 37.1 Å². The van der Waals surface area contributed by atoms with Crippen LogP contribution in [-0.2, 0) is 14.8 Å². The summed E-state index contributed by atoms with van der Waals surface area (Å²) in [6, 6.07) is 5.82. The van der Waals surface area contributed by atoms with Crippen molar-refractivity contribution in [3.8, 4) is 0 Å². The van der Waals surface area contributed by atoms with Crippen molar-refractivity contribution >= 4 is 15.9 Å². The van der Waals surface area contributed by atoms with E-state index in [1.165, 1.54) is 22.5 Å². The first kappa shape index (κ1) is 19.6. The standard InChI is InChI=1S/C17H24N2O5S/c1-4-8-18-17(21)13-6-5-7-14(9-13)25(22,23)19-10-15(20)16(11-19)24-12(2)3/h4-7,9,12,15-16,20H,1,8,10-11H2,2-3H3,(H,18,21)/t15-,16-/m0/s1. The van der Waals surface area contributed by atoms with Crippen molar-refractivity contribution in [3.63, 3.8) is 0 Å². The molecule has 138 valence electrons. The van der Waals surface area contributed by atoms with E-state index < -0.39 is 22.2 Å². The van der Waals surface area contributed by atoms with Gasteiger partial charge in [-0.25, -0.2) is 8.42 Å². The lowest BCUT2D eigenvalue weighted by molar-refractivity contribution is -0.0391. The van der Waals surface area contributed by atoms with E-state index in [0.717, 1.165) is 0 Å². The van der Waals surface area contributed by atoms with Gasteiger partial charge >= 0.3 is 0 Å². The van der Waals surface area contributed by atoms with Crippen molar-refractivity contribution in [2.24, 2.45) is 0 Å². The molecule has 2 atom stereocenters. The number of carbonyl (C=O) groups excluding carboxylic acids is 1. The zero-order chi connectivity index (χ0) is 18.6. The normalized spacial score (nSPS) is 21.4. The molecule has 8 heteroatoms. The Bertz CT molecular complexity index is 732. The molecule has 7 nitrogen and oxygen atoms in total. The third kappa shape index (κ3) is 4.66. The number of rotatable bonds is 7. The van der Waals surface area contributed by atoms with Gasteiger partial charge in [0, 0.05) is 25.2 Å². The van der Waals surface area contributed by atoms with Crippen molar-refractivity contribution in [3.05, 3.63) is 42.5 Å². The lowest BCUT2D eigenvalue weighted by atomic mass is 10.2. The number of aliphatic hydroxyl groups excluding tert-OH is 1. The number of benzene rings is 1. The molecule has 1 aliphatic rings. The van der Waals surface area contributed by atoms with Gasteiger partial charge in [0.25, 0.3) is 5.91 Å². The molecule has 0 radical (unpaired) electrons. The second-order valence-electron chi connectivity index (χ2n) is 6.14. The van der Waals surface area contributed by atoms with Crippen LogP contribution in [-0.4, -0.2) is 61.7 Å². The number of amides is 1. The predicted octanol–water partition coefficient (Wildman–Crippen LogP) is 0.761. The highest BCUT2D eigenvalue weighted by Crippen LogP contribution is 2.24. The molecule has 0 saturated carbocycles. The number of sulfonamides is 1. The summed E-state index contributed by atoms with van der Waals surface area (Å²) in [6.45, 7) is 7.51. The van der Waals surface area contributed by atoms with Crippen LogP contribution in [0, 0.1) is 0 Å². The smallest absolute Gasteiger partial charge is 0.251 e. The van der Waals surface area contributed by atoms with Crippen molar-refractivity contribution < 1.29 is 23.1 Å². The summed E-state index contributed by atoms with van der Waals surface area (Å²) in [6.07, 6.45) is -0.0109. The molecule has 1 saturated heterocycles. The van der Waals surface area contributed by atoms with Crippen LogP contribution in [0.5, 0.6) is 0 Å². The van der Waals surface area contributed by atoms with E-state index in [0.29, 0.717) is 6.54 Å². The Hall–Kier alpha value is -1.74. The minimum absolute atomic E-state index is 0.0103. The molecule has 1 fully saturated rings. The van der Waals surface area contributed by atoms with Crippen LogP contribution in [0.3, 0.4) is 0 Å². The van der Waals surface area contributed by atoms with Crippen molar-refractivity contribution in [1.82, 2.24) is 9.62 Å². The molecule has 2 rings (SSSR count). The lowest BCUT2D eigenvalue weighted by Crippen LogP contribution is -2.31. The summed E-state index contributed by atoms with van der Waals surface area (Å²) in [7, 11) is -3.82. The Kier molecular flexibility index (Phi) is 6.34. The van der Waals surface area contributed by atoms with E-state index in [1.807, 2.05) is 13.8 Å². The van der Waals surface area contributed by atoms with Gasteiger partial charge in [-0.15, -0.1) is 6.58 Å². The molecule has 1 heterocycles. The average Bonchev–Trinajstić information content (AvgIpc) is 2.93. The topological polar surface area (TPSA) is 95.9 Å². The van der Waals surface area contributed by atoms with E-state index >= 15 is 0 Å². The fourth-order valence-electron chi connectivity index (χ4n) is 2.62. The van der Waals surface area contributed by atoms with Crippen LogP contribution in [0.4, 0.5) is 0 Å². The quantitative estimate of drug-likeness (QED) is 0.693. The SMILES string of the molecule is C=CCNC(=O)c1cccc(S(=O)(=O)N2C[C@H](OC(C)C)[C@@H](O)C2)c1. The Morgan fingerprint density at radius 2 is 2.20 bits per heavy atom. The Morgan fingerprint density at radius 1 is 1.48 bits per heavy atom. The van der Waals surface area contributed by atoms with Crippen LogP contribution in [0.25, 0.3) is 0 Å². The lowest BCUT2D eigenvalue weighted by Gasteiger charge is -2.18. The number of hydrogen-bond acceptors (Lipinski definition) is 5. The van der Waals surface area contributed by atoms with E-state index in [2.05, 4.69) is 11.9 Å². The molecule has 1 aromatic rings. The summed E-state index contributed by atoms with van der Waals surface area (Å²) >= 11 is 0. The number of ether oxygens (including phenoxy) is 1. The van der Waals surface area contributed by atoms with Crippen LogP contribution in [0.2, 0.25) is 0 Å². The zero-order valence-corrected chi connectivity index (χ0v) is 15.2. The number of nitrogens with one attached hydrogen (secondary N) is 1. The van der Waals surface area contributed by atoms with Gasteiger partial charge < -0.3 is 15.2 Å². The molecule has 25 heavy (non-hydrogen) atoms. The zero-order valence-electron chi connectivity index (χ0n) is 14.4. The van der Waals surface area contributed by atoms with Crippen molar-refractivity contribution in [2.75, 3.05) is 19.6 Å². The first-order chi connectivity index (χ1) is 11.8. The third-order valence-electron chi connectivity index (χ3n) is 3.79. The number of aliphatic hydroxyl groups is 1. The fourth-order valence-corrected chi connectivity index (χ4v) is 4.13. The molecule has 1 aromatic carbocycles. The molecule has 0 unspecified atom stereocenters. The van der Waals surface area contributed by atoms with Crippen molar-refractivity contribution in [1.29, 1.82) is 0 Å². The van der Waals surface area contributed by atoms with Gasteiger partial charge in [-0.05, 0) is 32.0 Å². The van der Waals surface area contributed by atoms with Crippen LogP contribution >= 0.6 is 0 Å². The second-order valence-corrected chi connectivity index (χ2v) is 8.08. The molecule has 1 aliphatic heterocycles. The number of carbonyl (C=O) groups is 1. The molecule has 0 aliphatic carbocycles. The highest BCUT2D eigenvalue weighted by Gasteiger charge is 2.39. The van der Waals surface area contributed by atoms with Gasteiger partial charge in [-0.1, -0.05) is 12.1 Å². The van der Waals surface area contributed by atoms with Gasteiger partial charge in [0.05, 0.1) is 23.2 Å². The second kappa shape index (κ2) is 8.09. The maximum atomic E-state index is 12.8. The maximum Gasteiger partial charge on any atom is 0.251 e. The largest absolute Gasteiger partial charge is 0.389 e.